The van der Waals surface area contributed by atoms with E-state index in [1.54, 1.807) is 6.07 Å². The summed E-state index contributed by atoms with van der Waals surface area (Å²) in [5.41, 5.74) is 1.82. The van der Waals surface area contributed by atoms with Crippen molar-refractivity contribution in [1.29, 1.82) is 0 Å². The monoisotopic (exact) mass is 318 g/mol. The van der Waals surface area contributed by atoms with E-state index in [4.69, 9.17) is 0 Å². The zero-order chi connectivity index (χ0) is 13.1. The number of alkyl halides is 1. The van der Waals surface area contributed by atoms with Crippen LogP contribution < -0.4 is 0 Å². The van der Waals surface area contributed by atoms with Crippen LogP contribution in [0.1, 0.15) is 24.5 Å². The molecule has 1 aromatic carbocycles. The molecule has 0 saturated carbocycles. The third-order valence-corrected chi connectivity index (χ3v) is 5.87. The van der Waals surface area contributed by atoms with Crippen molar-refractivity contribution >= 4 is 25.8 Å². The first kappa shape index (κ1) is 14.7. The summed E-state index contributed by atoms with van der Waals surface area (Å²) in [5, 5.41) is 0.730. The molecule has 0 saturated heterocycles. The van der Waals surface area contributed by atoms with E-state index in [0.29, 0.717) is 4.90 Å². The van der Waals surface area contributed by atoms with Crippen molar-refractivity contribution in [3.8, 4) is 0 Å². The average molecular weight is 319 g/mol. The molecule has 0 aromatic heterocycles. The zero-order valence-electron chi connectivity index (χ0n) is 10.5. The Labute approximate surface area is 112 Å². The van der Waals surface area contributed by atoms with Gasteiger partial charge in [0.05, 0.1) is 10.6 Å². The number of benzene rings is 1. The first-order valence-corrected chi connectivity index (χ1v) is 8.54. The maximum Gasteiger partial charge on any atom is 0.178 e. The number of aryl methyl sites for hydroxylation is 2. The molecule has 96 valence electrons. The van der Waals surface area contributed by atoms with Gasteiger partial charge in [-0.3, -0.25) is 0 Å². The Morgan fingerprint density at radius 2 is 1.94 bits per heavy atom. The summed E-state index contributed by atoms with van der Waals surface area (Å²) in [5.74, 6) is 0.402. The number of rotatable bonds is 5. The minimum Gasteiger partial charge on any atom is -0.224 e. The van der Waals surface area contributed by atoms with Crippen LogP contribution in [-0.2, 0) is 9.84 Å². The van der Waals surface area contributed by atoms with E-state index in [1.165, 1.54) is 0 Å². The van der Waals surface area contributed by atoms with Crippen LogP contribution in [0, 0.1) is 19.8 Å². The van der Waals surface area contributed by atoms with E-state index in [2.05, 4.69) is 15.9 Å². The molecule has 17 heavy (non-hydrogen) atoms. The van der Waals surface area contributed by atoms with Crippen LogP contribution in [0.4, 0.5) is 0 Å². The van der Waals surface area contributed by atoms with Crippen LogP contribution in [0.5, 0.6) is 0 Å². The molecule has 0 heterocycles. The molecule has 0 fully saturated rings. The van der Waals surface area contributed by atoms with Gasteiger partial charge < -0.3 is 0 Å². The minimum absolute atomic E-state index is 0.180. The third kappa shape index (κ3) is 3.81. The Morgan fingerprint density at radius 3 is 2.47 bits per heavy atom. The van der Waals surface area contributed by atoms with Gasteiger partial charge in [0.25, 0.3) is 0 Å². The van der Waals surface area contributed by atoms with Gasteiger partial charge in [0.15, 0.2) is 9.84 Å². The van der Waals surface area contributed by atoms with Gasteiger partial charge in [0.1, 0.15) is 0 Å². The predicted octanol–water partition coefficient (Wildman–Crippen LogP) is 3.50. The molecule has 0 aliphatic carbocycles. The molecule has 0 bridgehead atoms. The summed E-state index contributed by atoms with van der Waals surface area (Å²) >= 11 is 3.37. The predicted molar refractivity (Wildman–Crippen MR) is 75.5 cm³/mol. The summed E-state index contributed by atoms with van der Waals surface area (Å²) in [6.45, 7) is 5.78. The van der Waals surface area contributed by atoms with E-state index in [9.17, 15) is 8.42 Å². The normalized spacial score (nSPS) is 13.6. The van der Waals surface area contributed by atoms with Crippen molar-refractivity contribution < 1.29 is 8.42 Å². The second kappa shape index (κ2) is 6.01. The molecule has 1 unspecified atom stereocenters. The Balaban J connectivity index is 3.09. The van der Waals surface area contributed by atoms with E-state index >= 15 is 0 Å². The van der Waals surface area contributed by atoms with Crippen molar-refractivity contribution in [2.24, 2.45) is 5.92 Å². The molecule has 1 rings (SSSR count). The molecule has 2 nitrogen and oxygen atoms in total. The highest BCUT2D eigenvalue weighted by Gasteiger charge is 2.21. The molecule has 1 atom stereocenters. The Kier molecular flexibility index (Phi) is 5.20. The van der Waals surface area contributed by atoms with Crippen molar-refractivity contribution in [2.45, 2.75) is 32.1 Å². The largest absolute Gasteiger partial charge is 0.224 e. The number of sulfone groups is 1. The van der Waals surface area contributed by atoms with Gasteiger partial charge >= 0.3 is 0 Å². The van der Waals surface area contributed by atoms with Crippen molar-refractivity contribution in [3.63, 3.8) is 0 Å². The SMILES string of the molecule is CCC(CBr)CS(=O)(=O)c1cc(C)ccc1C. The topological polar surface area (TPSA) is 34.1 Å². The lowest BCUT2D eigenvalue weighted by molar-refractivity contribution is 0.568. The fourth-order valence-electron chi connectivity index (χ4n) is 1.71. The molecular formula is C13H19BrO2S. The van der Waals surface area contributed by atoms with Crippen molar-refractivity contribution in [1.82, 2.24) is 0 Å². The van der Waals surface area contributed by atoms with Crippen LogP contribution >= 0.6 is 15.9 Å². The molecule has 0 aliphatic rings. The molecule has 0 aliphatic heterocycles. The van der Waals surface area contributed by atoms with Gasteiger partial charge in [-0.2, -0.15) is 0 Å². The summed E-state index contributed by atoms with van der Waals surface area (Å²) in [7, 11) is -3.17. The quantitative estimate of drug-likeness (QED) is 0.779. The van der Waals surface area contributed by atoms with E-state index < -0.39 is 9.84 Å². The van der Waals surface area contributed by atoms with Crippen LogP contribution in [0.3, 0.4) is 0 Å². The third-order valence-electron chi connectivity index (χ3n) is 2.93. The molecule has 0 spiro atoms. The van der Waals surface area contributed by atoms with Gasteiger partial charge in [0, 0.05) is 5.33 Å². The van der Waals surface area contributed by atoms with Crippen LogP contribution in [0.25, 0.3) is 0 Å². The van der Waals surface area contributed by atoms with Crippen molar-refractivity contribution in [3.05, 3.63) is 29.3 Å². The highest BCUT2D eigenvalue weighted by atomic mass is 79.9. The van der Waals surface area contributed by atoms with Crippen LogP contribution in [0.15, 0.2) is 23.1 Å². The number of hydrogen-bond acceptors (Lipinski definition) is 2. The summed E-state index contributed by atoms with van der Waals surface area (Å²) in [4.78, 5) is 0.483. The fraction of sp³-hybridized carbons (Fsp3) is 0.538. The molecular weight excluding hydrogens is 300 g/mol. The minimum atomic E-state index is -3.17. The Hall–Kier alpha value is -0.350. The van der Waals surface area contributed by atoms with Crippen LogP contribution in [0.2, 0.25) is 0 Å². The lowest BCUT2D eigenvalue weighted by Gasteiger charge is -2.14. The second-order valence-electron chi connectivity index (χ2n) is 4.48. The molecule has 1 aromatic rings. The molecule has 0 radical (unpaired) electrons. The highest BCUT2D eigenvalue weighted by molar-refractivity contribution is 9.09. The molecule has 4 heteroatoms. The second-order valence-corrected chi connectivity index (χ2v) is 7.13. The zero-order valence-corrected chi connectivity index (χ0v) is 12.9. The smallest absolute Gasteiger partial charge is 0.178 e. The lowest BCUT2D eigenvalue weighted by atomic mass is 10.2. The Morgan fingerprint density at radius 1 is 1.29 bits per heavy atom. The summed E-state index contributed by atoms with van der Waals surface area (Å²) < 4.78 is 24.6. The first-order chi connectivity index (χ1) is 7.90. The molecule has 0 amide bonds. The van der Waals surface area contributed by atoms with Gasteiger partial charge in [-0.1, -0.05) is 41.4 Å². The number of halogens is 1. The summed E-state index contributed by atoms with van der Waals surface area (Å²) in [6, 6.07) is 5.58. The van der Waals surface area contributed by atoms with Crippen LogP contribution in [-0.4, -0.2) is 19.5 Å². The maximum atomic E-state index is 12.3. The highest BCUT2D eigenvalue weighted by Crippen LogP contribution is 2.21. The maximum absolute atomic E-state index is 12.3. The van der Waals surface area contributed by atoms with Gasteiger partial charge in [0.2, 0.25) is 0 Å². The van der Waals surface area contributed by atoms with Gasteiger partial charge in [-0.15, -0.1) is 0 Å². The lowest BCUT2D eigenvalue weighted by Crippen LogP contribution is -2.18. The fourth-order valence-corrected chi connectivity index (χ4v) is 4.78. The Bertz CT molecular complexity index is 476. The van der Waals surface area contributed by atoms with E-state index in [0.717, 1.165) is 22.9 Å². The van der Waals surface area contributed by atoms with Crippen molar-refractivity contribution in [2.75, 3.05) is 11.1 Å². The summed E-state index contributed by atoms with van der Waals surface area (Å²) in [6.07, 6.45) is 0.870. The number of hydrogen-bond donors (Lipinski definition) is 0. The standard InChI is InChI=1S/C13H19BrO2S/c1-4-12(8-14)9-17(15,16)13-7-10(2)5-6-11(13)3/h5-7,12H,4,8-9H2,1-3H3. The van der Waals surface area contributed by atoms with E-state index in [1.807, 2.05) is 32.9 Å². The van der Waals surface area contributed by atoms with Gasteiger partial charge in [-0.05, 0) is 37.0 Å². The molecule has 0 N–H and O–H groups in total. The first-order valence-electron chi connectivity index (χ1n) is 5.76. The van der Waals surface area contributed by atoms with Gasteiger partial charge in [-0.25, -0.2) is 8.42 Å². The average Bonchev–Trinajstić information content (AvgIpc) is 2.29. The van der Waals surface area contributed by atoms with E-state index in [-0.39, 0.29) is 11.7 Å².